The molecule has 0 unspecified atom stereocenters. The lowest BCUT2D eigenvalue weighted by Gasteiger charge is -2.51. The number of alkyl halides is 1. The number of anilines is 1. The summed E-state index contributed by atoms with van der Waals surface area (Å²) in [6.07, 6.45) is 0. The highest BCUT2D eigenvalue weighted by Gasteiger charge is 2.67. The Bertz CT molecular complexity index is 1260. The fraction of sp³-hybridized carbons (Fsp3) is 0.167. The quantitative estimate of drug-likeness (QED) is 0.237. The average Bonchev–Trinajstić information content (AvgIpc) is 3.06. The zero-order chi connectivity index (χ0) is 21.5. The van der Waals surface area contributed by atoms with Crippen molar-refractivity contribution in [2.75, 3.05) is 4.90 Å². The number of hydrogen-bond acceptors (Lipinski definition) is 4. The van der Waals surface area contributed by atoms with Crippen LogP contribution < -0.4 is 4.90 Å². The third-order valence-corrected chi connectivity index (χ3v) is 8.18. The molecule has 7 rings (SSSR count). The van der Waals surface area contributed by atoms with Crippen LogP contribution in [0, 0.1) is 22.0 Å². The zero-order valence-electron chi connectivity index (χ0n) is 16.1. The Morgan fingerprint density at radius 1 is 0.839 bits per heavy atom. The van der Waals surface area contributed by atoms with Crippen molar-refractivity contribution >= 4 is 39.1 Å². The van der Waals surface area contributed by atoms with Gasteiger partial charge in [0.15, 0.2) is 0 Å². The SMILES string of the molecule is O=C1[C@H]2C3c4ccccc4C(Br)(c4ccccc43)[C@H]2C(=O)N1c1ccc([N+](=O)[O-])cc1. The van der Waals surface area contributed by atoms with Crippen molar-refractivity contribution in [2.24, 2.45) is 11.8 Å². The molecule has 0 radical (unpaired) electrons. The first-order chi connectivity index (χ1) is 14.9. The molecule has 2 atom stereocenters. The van der Waals surface area contributed by atoms with E-state index in [1.165, 1.54) is 29.2 Å². The van der Waals surface area contributed by atoms with Crippen LogP contribution in [0.2, 0.25) is 0 Å². The molecule has 6 nitrogen and oxygen atoms in total. The molecule has 1 fully saturated rings. The monoisotopic (exact) mass is 474 g/mol. The number of benzene rings is 3. The van der Waals surface area contributed by atoms with Gasteiger partial charge in [0.2, 0.25) is 11.8 Å². The maximum atomic E-state index is 13.7. The maximum Gasteiger partial charge on any atom is 0.269 e. The molecule has 2 amide bonds. The van der Waals surface area contributed by atoms with Gasteiger partial charge in [0.25, 0.3) is 5.69 Å². The molecule has 3 aromatic carbocycles. The largest absolute Gasteiger partial charge is 0.274 e. The first kappa shape index (κ1) is 18.4. The van der Waals surface area contributed by atoms with E-state index in [9.17, 15) is 19.7 Å². The van der Waals surface area contributed by atoms with Gasteiger partial charge < -0.3 is 0 Å². The molecule has 0 aromatic heterocycles. The Labute approximate surface area is 185 Å². The predicted octanol–water partition coefficient (Wildman–Crippen LogP) is 4.50. The van der Waals surface area contributed by atoms with Crippen LogP contribution in [0.3, 0.4) is 0 Å². The van der Waals surface area contributed by atoms with E-state index in [0.717, 1.165) is 22.3 Å². The van der Waals surface area contributed by atoms with Crippen LogP contribution in [0.1, 0.15) is 28.2 Å². The van der Waals surface area contributed by atoms with Crippen molar-refractivity contribution in [3.63, 3.8) is 0 Å². The molecule has 0 N–H and O–H groups in total. The standard InChI is InChI=1S/C24H15BrN2O4/c25-24-17-7-3-1-5-15(17)19(16-6-2-4-8-18(16)24)20-21(24)23(29)26(22(20)28)13-9-11-14(12-10-13)27(30)31/h1-12,19-21H/t19?,20-,21+,24?/m0/s1. The van der Waals surface area contributed by atoms with Crippen LogP contribution in [0.4, 0.5) is 11.4 Å². The average molecular weight is 475 g/mol. The summed E-state index contributed by atoms with van der Waals surface area (Å²) in [6, 6.07) is 21.5. The summed E-state index contributed by atoms with van der Waals surface area (Å²) in [5.74, 6) is -1.88. The van der Waals surface area contributed by atoms with Gasteiger partial charge in [-0.25, -0.2) is 4.90 Å². The molecule has 152 valence electrons. The molecule has 1 saturated heterocycles. The minimum absolute atomic E-state index is 0.0860. The Morgan fingerprint density at radius 3 is 1.94 bits per heavy atom. The molecular formula is C24H15BrN2O4. The maximum absolute atomic E-state index is 13.7. The van der Waals surface area contributed by atoms with Gasteiger partial charge in [0.05, 0.1) is 26.8 Å². The summed E-state index contributed by atoms with van der Waals surface area (Å²) in [4.78, 5) is 39.1. The number of nitro benzene ring substituents is 1. The molecule has 3 aliphatic carbocycles. The number of rotatable bonds is 2. The number of halogens is 1. The van der Waals surface area contributed by atoms with E-state index in [1.54, 1.807) is 0 Å². The molecule has 0 saturated carbocycles. The highest BCUT2D eigenvalue weighted by atomic mass is 79.9. The highest BCUT2D eigenvalue weighted by molar-refractivity contribution is 9.09. The summed E-state index contributed by atoms with van der Waals surface area (Å²) in [7, 11) is 0. The lowest BCUT2D eigenvalue weighted by Crippen LogP contribution is -2.50. The Morgan fingerprint density at radius 2 is 1.39 bits per heavy atom. The topological polar surface area (TPSA) is 80.5 Å². The molecule has 2 bridgehead atoms. The number of nitro groups is 1. The van der Waals surface area contributed by atoms with Gasteiger partial charge in [0, 0.05) is 18.1 Å². The van der Waals surface area contributed by atoms with Crippen molar-refractivity contribution in [3.05, 3.63) is 105 Å². The first-order valence-corrected chi connectivity index (χ1v) is 10.7. The lowest BCUT2D eigenvalue weighted by atomic mass is 9.55. The van der Waals surface area contributed by atoms with E-state index in [0.29, 0.717) is 5.69 Å². The number of imide groups is 1. The van der Waals surface area contributed by atoms with Crippen LogP contribution in [-0.2, 0) is 13.9 Å². The highest BCUT2D eigenvalue weighted by Crippen LogP contribution is 2.66. The molecule has 7 heteroatoms. The van der Waals surface area contributed by atoms with Gasteiger partial charge in [-0.05, 0) is 34.4 Å². The van der Waals surface area contributed by atoms with Crippen LogP contribution in [0.25, 0.3) is 0 Å². The molecule has 31 heavy (non-hydrogen) atoms. The lowest BCUT2D eigenvalue weighted by molar-refractivity contribution is -0.384. The van der Waals surface area contributed by atoms with Gasteiger partial charge in [-0.1, -0.05) is 64.5 Å². The molecule has 3 aromatic rings. The smallest absolute Gasteiger partial charge is 0.269 e. The fourth-order valence-corrected chi connectivity index (χ4v) is 6.86. The van der Waals surface area contributed by atoms with Gasteiger partial charge >= 0.3 is 0 Å². The molecule has 1 heterocycles. The minimum Gasteiger partial charge on any atom is -0.274 e. The second-order valence-corrected chi connectivity index (χ2v) is 9.40. The Hall–Kier alpha value is -3.32. The number of carbonyl (C=O) groups excluding carboxylic acids is 2. The van der Waals surface area contributed by atoms with Gasteiger partial charge in [-0.3, -0.25) is 19.7 Å². The van der Waals surface area contributed by atoms with E-state index < -0.39 is 21.1 Å². The van der Waals surface area contributed by atoms with E-state index in [2.05, 4.69) is 15.9 Å². The number of hydrogen-bond donors (Lipinski definition) is 0. The van der Waals surface area contributed by atoms with Crippen molar-refractivity contribution in [1.29, 1.82) is 0 Å². The van der Waals surface area contributed by atoms with Crippen molar-refractivity contribution < 1.29 is 14.5 Å². The normalized spacial score (nSPS) is 27.6. The van der Waals surface area contributed by atoms with E-state index in [-0.39, 0.29) is 23.4 Å². The fourth-order valence-electron chi connectivity index (χ4n) is 5.66. The Kier molecular flexibility index (Phi) is 3.63. The van der Waals surface area contributed by atoms with Crippen molar-refractivity contribution in [2.45, 2.75) is 10.2 Å². The molecule has 4 aliphatic rings. The predicted molar refractivity (Wildman–Crippen MR) is 117 cm³/mol. The van der Waals surface area contributed by atoms with Gasteiger partial charge in [0.1, 0.15) is 0 Å². The van der Waals surface area contributed by atoms with E-state index >= 15 is 0 Å². The number of amides is 2. The Balaban J connectivity index is 1.55. The van der Waals surface area contributed by atoms with Gasteiger partial charge in [-0.2, -0.15) is 0 Å². The number of nitrogens with zero attached hydrogens (tertiary/aromatic N) is 2. The van der Waals surface area contributed by atoms with Gasteiger partial charge in [-0.15, -0.1) is 0 Å². The summed E-state index contributed by atoms with van der Waals surface area (Å²) >= 11 is 3.95. The zero-order valence-corrected chi connectivity index (χ0v) is 17.7. The summed E-state index contributed by atoms with van der Waals surface area (Å²) in [6.45, 7) is 0. The summed E-state index contributed by atoms with van der Waals surface area (Å²) in [5, 5.41) is 11.0. The number of non-ortho nitro benzene ring substituents is 1. The van der Waals surface area contributed by atoms with E-state index in [1.807, 2.05) is 48.5 Å². The molecule has 0 spiro atoms. The van der Waals surface area contributed by atoms with Crippen LogP contribution in [0.5, 0.6) is 0 Å². The van der Waals surface area contributed by atoms with Crippen molar-refractivity contribution in [3.8, 4) is 0 Å². The number of carbonyl (C=O) groups is 2. The summed E-state index contributed by atoms with van der Waals surface area (Å²) in [5.41, 5.74) is 4.44. The minimum atomic E-state index is -0.804. The second kappa shape index (κ2) is 6.11. The van der Waals surface area contributed by atoms with E-state index in [4.69, 9.17) is 0 Å². The second-order valence-electron chi connectivity index (χ2n) is 8.15. The molecule has 1 aliphatic heterocycles. The van der Waals surface area contributed by atoms with Crippen LogP contribution >= 0.6 is 15.9 Å². The molecular weight excluding hydrogens is 460 g/mol. The third kappa shape index (κ3) is 2.16. The summed E-state index contributed by atoms with van der Waals surface area (Å²) < 4.78 is -0.804. The van der Waals surface area contributed by atoms with Crippen LogP contribution in [0.15, 0.2) is 72.8 Å². The third-order valence-electron chi connectivity index (χ3n) is 6.83. The first-order valence-electron chi connectivity index (χ1n) is 9.94. The van der Waals surface area contributed by atoms with Crippen molar-refractivity contribution in [1.82, 2.24) is 0 Å². The van der Waals surface area contributed by atoms with Crippen LogP contribution in [-0.4, -0.2) is 16.7 Å².